The van der Waals surface area contributed by atoms with Crippen LogP contribution in [-0.4, -0.2) is 30.3 Å². The molecule has 0 bridgehead atoms. The summed E-state index contributed by atoms with van der Waals surface area (Å²) >= 11 is 3.31. The highest BCUT2D eigenvalue weighted by Gasteiger charge is 2.25. The molecule has 0 aliphatic carbocycles. The molecule has 0 heterocycles. The first-order valence-electron chi connectivity index (χ1n) is 6.52. The third-order valence-corrected chi connectivity index (χ3v) is 3.88. The number of ether oxygens (including phenoxy) is 1. The van der Waals surface area contributed by atoms with Gasteiger partial charge in [-0.05, 0) is 34.0 Å². The number of amides is 2. The fourth-order valence-electron chi connectivity index (χ4n) is 1.71. The number of carbonyl (C=O) groups is 2. The van der Waals surface area contributed by atoms with E-state index < -0.39 is 18.0 Å². The number of halogens is 1. The van der Waals surface area contributed by atoms with Crippen LogP contribution in [0.1, 0.15) is 20.3 Å². The molecule has 21 heavy (non-hydrogen) atoms. The van der Waals surface area contributed by atoms with Crippen molar-refractivity contribution in [2.45, 2.75) is 26.3 Å². The summed E-state index contributed by atoms with van der Waals surface area (Å²) in [6, 6.07) is 3.61. The number of benzene rings is 1. The first-order valence-corrected chi connectivity index (χ1v) is 7.32. The summed E-state index contributed by atoms with van der Waals surface area (Å²) in [5.41, 5.74) is 0.500. The second-order valence-electron chi connectivity index (χ2n) is 4.65. The summed E-state index contributed by atoms with van der Waals surface area (Å²) < 4.78 is 5.75. The molecule has 2 amide bonds. The molecule has 0 radical (unpaired) electrons. The Balaban J connectivity index is 2.79. The van der Waals surface area contributed by atoms with Crippen molar-refractivity contribution >= 4 is 33.6 Å². The molecule has 6 nitrogen and oxygen atoms in total. The number of anilines is 1. The lowest BCUT2D eigenvalue weighted by Crippen LogP contribution is -2.46. The number of aliphatic carboxylic acids is 1. The van der Waals surface area contributed by atoms with E-state index >= 15 is 0 Å². The number of urea groups is 1. The Morgan fingerprint density at radius 3 is 2.62 bits per heavy atom. The van der Waals surface area contributed by atoms with Gasteiger partial charge in [0.2, 0.25) is 0 Å². The second-order valence-corrected chi connectivity index (χ2v) is 5.50. The van der Waals surface area contributed by atoms with Crippen molar-refractivity contribution in [2.75, 3.05) is 12.4 Å². The zero-order chi connectivity index (χ0) is 16.0. The topological polar surface area (TPSA) is 87.7 Å². The van der Waals surface area contributed by atoms with Crippen LogP contribution in [0.4, 0.5) is 10.5 Å². The maximum atomic E-state index is 12.0. The van der Waals surface area contributed by atoms with Crippen LogP contribution in [0.25, 0.3) is 0 Å². The Kier molecular flexibility index (Phi) is 6.48. The highest BCUT2D eigenvalue weighted by molar-refractivity contribution is 9.10. The van der Waals surface area contributed by atoms with Gasteiger partial charge in [-0.25, -0.2) is 9.59 Å². The average Bonchev–Trinajstić information content (AvgIpc) is 2.46. The third kappa shape index (κ3) is 4.93. The first kappa shape index (κ1) is 17.3. The Bertz CT molecular complexity index is 522. The minimum atomic E-state index is -1.05. The zero-order valence-electron chi connectivity index (χ0n) is 12.1. The van der Waals surface area contributed by atoms with Gasteiger partial charge >= 0.3 is 12.0 Å². The number of carbonyl (C=O) groups excluding carboxylic acids is 1. The highest BCUT2D eigenvalue weighted by Crippen LogP contribution is 2.27. The Morgan fingerprint density at radius 1 is 1.43 bits per heavy atom. The molecule has 0 fully saturated rings. The quantitative estimate of drug-likeness (QED) is 0.728. The first-order chi connectivity index (χ1) is 9.88. The van der Waals surface area contributed by atoms with Crippen molar-refractivity contribution in [1.82, 2.24) is 5.32 Å². The largest absolute Gasteiger partial charge is 0.497 e. The van der Waals surface area contributed by atoms with Crippen LogP contribution >= 0.6 is 15.9 Å². The number of hydrogen-bond donors (Lipinski definition) is 3. The van der Waals surface area contributed by atoms with Crippen LogP contribution in [0.2, 0.25) is 0 Å². The van der Waals surface area contributed by atoms with Crippen LogP contribution in [0.5, 0.6) is 5.75 Å². The lowest BCUT2D eigenvalue weighted by molar-refractivity contribution is -0.140. The normalized spacial score (nSPS) is 13.1. The maximum Gasteiger partial charge on any atom is 0.326 e. The van der Waals surface area contributed by atoms with Crippen molar-refractivity contribution in [1.29, 1.82) is 0 Å². The monoisotopic (exact) mass is 358 g/mol. The Morgan fingerprint density at radius 2 is 2.10 bits per heavy atom. The highest BCUT2D eigenvalue weighted by atomic mass is 79.9. The number of rotatable bonds is 6. The fraction of sp³-hybridized carbons (Fsp3) is 0.429. The molecule has 1 rings (SSSR count). The van der Waals surface area contributed by atoms with Gasteiger partial charge in [-0.3, -0.25) is 0 Å². The van der Waals surface area contributed by atoms with Crippen molar-refractivity contribution < 1.29 is 19.4 Å². The van der Waals surface area contributed by atoms with Gasteiger partial charge < -0.3 is 20.5 Å². The smallest absolute Gasteiger partial charge is 0.326 e. The van der Waals surface area contributed by atoms with Crippen LogP contribution < -0.4 is 15.4 Å². The molecule has 1 aromatic carbocycles. The van der Waals surface area contributed by atoms with Gasteiger partial charge in [0, 0.05) is 10.5 Å². The van der Waals surface area contributed by atoms with Crippen molar-refractivity contribution in [3.8, 4) is 5.75 Å². The van der Waals surface area contributed by atoms with Gasteiger partial charge in [0.1, 0.15) is 11.8 Å². The predicted octanol–water partition coefficient (Wildman–Crippen LogP) is 3.08. The van der Waals surface area contributed by atoms with Crippen LogP contribution in [-0.2, 0) is 4.79 Å². The van der Waals surface area contributed by atoms with E-state index in [1.165, 1.54) is 7.11 Å². The Hall–Kier alpha value is -1.76. The minimum Gasteiger partial charge on any atom is -0.497 e. The molecule has 1 aromatic rings. The molecular weight excluding hydrogens is 340 g/mol. The molecule has 2 atom stereocenters. The van der Waals surface area contributed by atoms with Crippen molar-refractivity contribution in [3.63, 3.8) is 0 Å². The molecule has 0 aliphatic rings. The molecule has 0 saturated carbocycles. The van der Waals surface area contributed by atoms with Gasteiger partial charge in [0.05, 0.1) is 12.8 Å². The summed E-state index contributed by atoms with van der Waals surface area (Å²) in [5, 5.41) is 14.2. The van der Waals surface area contributed by atoms with Crippen LogP contribution in [0.15, 0.2) is 22.7 Å². The maximum absolute atomic E-state index is 12.0. The average molecular weight is 359 g/mol. The van der Waals surface area contributed by atoms with E-state index in [1.54, 1.807) is 25.1 Å². The molecule has 3 N–H and O–H groups in total. The van der Waals surface area contributed by atoms with Crippen LogP contribution in [0, 0.1) is 5.92 Å². The molecule has 0 aromatic heterocycles. The lowest BCUT2D eigenvalue weighted by atomic mass is 9.99. The van der Waals surface area contributed by atoms with E-state index in [4.69, 9.17) is 9.84 Å². The molecular formula is C14H19BrN2O4. The van der Waals surface area contributed by atoms with E-state index in [2.05, 4.69) is 26.6 Å². The van der Waals surface area contributed by atoms with Crippen molar-refractivity contribution in [2.24, 2.45) is 5.92 Å². The van der Waals surface area contributed by atoms with Gasteiger partial charge in [0.25, 0.3) is 0 Å². The molecule has 2 unspecified atom stereocenters. The van der Waals surface area contributed by atoms with Gasteiger partial charge in [-0.1, -0.05) is 20.3 Å². The number of hydrogen-bond acceptors (Lipinski definition) is 3. The van der Waals surface area contributed by atoms with Gasteiger partial charge in [0.15, 0.2) is 0 Å². The summed E-state index contributed by atoms with van der Waals surface area (Å²) in [6.07, 6.45) is 0.653. The fourth-order valence-corrected chi connectivity index (χ4v) is 2.06. The van der Waals surface area contributed by atoms with E-state index in [1.807, 2.05) is 6.92 Å². The molecule has 7 heteroatoms. The summed E-state index contributed by atoms with van der Waals surface area (Å²) in [7, 11) is 1.52. The predicted molar refractivity (Wildman–Crippen MR) is 83.7 cm³/mol. The molecule has 0 spiro atoms. The molecule has 116 valence electrons. The lowest BCUT2D eigenvalue weighted by Gasteiger charge is -2.20. The van der Waals surface area contributed by atoms with E-state index in [9.17, 15) is 9.59 Å². The standard InChI is InChI=1S/C14H19BrN2O4/c1-4-8(2)12(13(18)19)17-14(20)16-11-7-9(21-3)5-6-10(11)15/h5-8,12H,4H2,1-3H3,(H,18,19)(H2,16,17,20). The number of methoxy groups -OCH3 is 1. The van der Waals surface area contributed by atoms with E-state index in [-0.39, 0.29) is 5.92 Å². The summed E-state index contributed by atoms with van der Waals surface area (Å²) in [4.78, 5) is 23.1. The molecule has 0 aliphatic heterocycles. The SMILES string of the molecule is CCC(C)C(NC(=O)Nc1cc(OC)ccc1Br)C(=O)O. The summed E-state index contributed by atoms with van der Waals surface area (Å²) in [6.45, 7) is 3.65. The Labute approximate surface area is 132 Å². The van der Waals surface area contributed by atoms with Gasteiger partial charge in [-0.2, -0.15) is 0 Å². The number of carboxylic acids is 1. The third-order valence-electron chi connectivity index (χ3n) is 3.19. The zero-order valence-corrected chi connectivity index (χ0v) is 13.7. The van der Waals surface area contributed by atoms with Crippen molar-refractivity contribution in [3.05, 3.63) is 22.7 Å². The van der Waals surface area contributed by atoms with E-state index in [0.717, 1.165) is 0 Å². The minimum absolute atomic E-state index is 0.165. The second kappa shape index (κ2) is 7.87. The summed E-state index contributed by atoms with van der Waals surface area (Å²) in [5.74, 6) is -0.628. The van der Waals surface area contributed by atoms with Gasteiger partial charge in [-0.15, -0.1) is 0 Å². The number of nitrogens with one attached hydrogen (secondary N) is 2. The molecule has 0 saturated heterocycles. The van der Waals surface area contributed by atoms with E-state index in [0.29, 0.717) is 22.3 Å². The number of carboxylic acid groups (broad SMARTS) is 1. The van der Waals surface area contributed by atoms with Crippen LogP contribution in [0.3, 0.4) is 0 Å².